The summed E-state index contributed by atoms with van der Waals surface area (Å²) >= 11 is 1.85. The van der Waals surface area contributed by atoms with Gasteiger partial charge in [0, 0.05) is 22.7 Å². The fourth-order valence-corrected chi connectivity index (χ4v) is 2.83. The highest BCUT2D eigenvalue weighted by molar-refractivity contribution is 8.00. The summed E-state index contributed by atoms with van der Waals surface area (Å²) in [7, 11) is 0. The Kier molecular flexibility index (Phi) is 5.54. The van der Waals surface area contributed by atoms with E-state index in [0.29, 0.717) is 16.9 Å². The standard InChI is InChI=1S/C14H23N3OS/c1-4-14(5-2,19-3)9-17-12-8-10(15)6-7-11(12)13(16)18/h6-8,17H,4-5,9,15H2,1-3H3,(H2,16,18). The Balaban J connectivity index is 2.93. The Morgan fingerprint density at radius 1 is 1.37 bits per heavy atom. The van der Waals surface area contributed by atoms with E-state index in [-0.39, 0.29) is 4.75 Å². The number of amides is 1. The largest absolute Gasteiger partial charge is 0.399 e. The van der Waals surface area contributed by atoms with Crippen molar-refractivity contribution >= 4 is 29.0 Å². The molecule has 0 heterocycles. The van der Waals surface area contributed by atoms with E-state index < -0.39 is 5.91 Å². The first-order chi connectivity index (χ1) is 8.98. The van der Waals surface area contributed by atoms with Crippen LogP contribution in [0.15, 0.2) is 18.2 Å². The zero-order valence-electron chi connectivity index (χ0n) is 11.8. The van der Waals surface area contributed by atoms with Crippen LogP contribution >= 0.6 is 11.8 Å². The lowest BCUT2D eigenvalue weighted by molar-refractivity contribution is 0.100. The zero-order chi connectivity index (χ0) is 14.5. The molecule has 0 saturated heterocycles. The summed E-state index contributed by atoms with van der Waals surface area (Å²) in [6.07, 6.45) is 4.24. The average Bonchev–Trinajstić information content (AvgIpc) is 2.40. The summed E-state index contributed by atoms with van der Waals surface area (Å²) in [6.45, 7) is 5.14. The summed E-state index contributed by atoms with van der Waals surface area (Å²) < 4.78 is 0.166. The van der Waals surface area contributed by atoms with Crippen LogP contribution in [-0.2, 0) is 0 Å². The smallest absolute Gasteiger partial charge is 0.250 e. The molecule has 0 saturated carbocycles. The van der Waals surface area contributed by atoms with Crippen molar-refractivity contribution < 1.29 is 4.79 Å². The van der Waals surface area contributed by atoms with Crippen LogP contribution in [-0.4, -0.2) is 23.5 Å². The van der Waals surface area contributed by atoms with E-state index in [1.807, 2.05) is 11.8 Å². The van der Waals surface area contributed by atoms with Crippen molar-refractivity contribution in [3.05, 3.63) is 23.8 Å². The van der Waals surface area contributed by atoms with Gasteiger partial charge in [-0.25, -0.2) is 0 Å². The average molecular weight is 281 g/mol. The van der Waals surface area contributed by atoms with Gasteiger partial charge in [-0.1, -0.05) is 13.8 Å². The number of carbonyl (C=O) groups excluding carboxylic acids is 1. The van der Waals surface area contributed by atoms with E-state index in [1.54, 1.807) is 18.2 Å². The molecule has 0 spiro atoms. The van der Waals surface area contributed by atoms with Crippen LogP contribution in [0.25, 0.3) is 0 Å². The maximum absolute atomic E-state index is 11.4. The van der Waals surface area contributed by atoms with Crippen LogP contribution in [0.5, 0.6) is 0 Å². The second-order valence-electron chi connectivity index (χ2n) is 4.62. The molecule has 0 radical (unpaired) electrons. The molecule has 5 N–H and O–H groups in total. The number of nitrogen functional groups attached to an aromatic ring is 1. The van der Waals surface area contributed by atoms with Gasteiger partial charge in [-0.05, 0) is 37.3 Å². The fourth-order valence-electron chi connectivity index (χ4n) is 2.04. The van der Waals surface area contributed by atoms with Gasteiger partial charge in [-0.15, -0.1) is 0 Å². The van der Waals surface area contributed by atoms with E-state index in [2.05, 4.69) is 25.4 Å². The highest BCUT2D eigenvalue weighted by atomic mass is 32.2. The van der Waals surface area contributed by atoms with Crippen molar-refractivity contribution in [3.8, 4) is 0 Å². The number of rotatable bonds is 7. The van der Waals surface area contributed by atoms with Crippen LogP contribution < -0.4 is 16.8 Å². The summed E-state index contributed by atoms with van der Waals surface area (Å²) in [5, 5.41) is 3.33. The molecule has 0 aliphatic heterocycles. The van der Waals surface area contributed by atoms with Gasteiger partial charge in [0.2, 0.25) is 0 Å². The molecule has 1 amide bonds. The van der Waals surface area contributed by atoms with Crippen LogP contribution in [0, 0.1) is 0 Å². The normalized spacial score (nSPS) is 11.3. The van der Waals surface area contributed by atoms with Crippen molar-refractivity contribution in [2.75, 3.05) is 23.9 Å². The topological polar surface area (TPSA) is 81.1 Å². The number of primary amides is 1. The predicted molar refractivity (Wildman–Crippen MR) is 84.7 cm³/mol. The molecule has 1 aromatic carbocycles. The van der Waals surface area contributed by atoms with Crippen LogP contribution in [0.3, 0.4) is 0 Å². The molecule has 0 unspecified atom stereocenters. The quantitative estimate of drug-likeness (QED) is 0.671. The van der Waals surface area contributed by atoms with Gasteiger partial charge in [0.25, 0.3) is 5.91 Å². The number of anilines is 2. The number of nitrogens with two attached hydrogens (primary N) is 2. The van der Waals surface area contributed by atoms with Gasteiger partial charge in [0.05, 0.1) is 5.56 Å². The molecule has 0 bridgehead atoms. The van der Waals surface area contributed by atoms with Crippen molar-refractivity contribution in [1.29, 1.82) is 0 Å². The zero-order valence-corrected chi connectivity index (χ0v) is 12.6. The molecule has 0 fully saturated rings. The van der Waals surface area contributed by atoms with E-state index in [0.717, 1.165) is 19.4 Å². The lowest BCUT2D eigenvalue weighted by Crippen LogP contribution is -2.32. The number of thioether (sulfide) groups is 1. The van der Waals surface area contributed by atoms with Crippen LogP contribution in [0.2, 0.25) is 0 Å². The van der Waals surface area contributed by atoms with Gasteiger partial charge < -0.3 is 16.8 Å². The fraction of sp³-hybridized carbons (Fsp3) is 0.500. The number of hydrogen-bond donors (Lipinski definition) is 3. The summed E-state index contributed by atoms with van der Waals surface area (Å²) in [5.74, 6) is -0.440. The maximum atomic E-state index is 11.4. The monoisotopic (exact) mass is 281 g/mol. The lowest BCUT2D eigenvalue weighted by atomic mass is 10.0. The van der Waals surface area contributed by atoms with Gasteiger partial charge >= 0.3 is 0 Å². The SMILES string of the molecule is CCC(CC)(CNc1cc(N)ccc1C(N)=O)SC. The Labute approximate surface area is 119 Å². The third-order valence-corrected chi connectivity index (χ3v) is 5.22. The second kappa shape index (κ2) is 6.70. The first-order valence-electron chi connectivity index (χ1n) is 6.46. The Morgan fingerprint density at radius 2 is 2.00 bits per heavy atom. The first kappa shape index (κ1) is 15.7. The lowest BCUT2D eigenvalue weighted by Gasteiger charge is -2.30. The van der Waals surface area contributed by atoms with Gasteiger partial charge in [-0.3, -0.25) is 4.79 Å². The minimum Gasteiger partial charge on any atom is -0.399 e. The molecular formula is C14H23N3OS. The molecule has 1 aromatic rings. The minimum absolute atomic E-state index is 0.166. The Bertz CT molecular complexity index is 436. The van der Waals surface area contributed by atoms with Crippen LogP contribution in [0.4, 0.5) is 11.4 Å². The third-order valence-electron chi connectivity index (χ3n) is 3.63. The Morgan fingerprint density at radius 3 is 2.47 bits per heavy atom. The minimum atomic E-state index is -0.440. The molecule has 19 heavy (non-hydrogen) atoms. The molecule has 0 atom stereocenters. The molecule has 5 heteroatoms. The van der Waals surface area contributed by atoms with Crippen molar-refractivity contribution in [2.45, 2.75) is 31.4 Å². The summed E-state index contributed by atoms with van der Waals surface area (Å²) in [5.41, 5.74) is 13.0. The van der Waals surface area contributed by atoms with Crippen molar-refractivity contribution in [3.63, 3.8) is 0 Å². The Hall–Kier alpha value is -1.36. The van der Waals surface area contributed by atoms with Gasteiger partial charge in [0.15, 0.2) is 0 Å². The number of carbonyl (C=O) groups is 1. The van der Waals surface area contributed by atoms with Gasteiger partial charge in [0.1, 0.15) is 0 Å². The van der Waals surface area contributed by atoms with Crippen molar-refractivity contribution in [1.82, 2.24) is 0 Å². The molecule has 4 nitrogen and oxygen atoms in total. The van der Waals surface area contributed by atoms with Gasteiger partial charge in [-0.2, -0.15) is 11.8 Å². The predicted octanol–water partition coefficient (Wildman–Crippen LogP) is 2.70. The summed E-state index contributed by atoms with van der Waals surface area (Å²) in [4.78, 5) is 11.4. The second-order valence-corrected chi connectivity index (χ2v) is 5.89. The van der Waals surface area contributed by atoms with E-state index in [9.17, 15) is 4.79 Å². The molecule has 106 valence electrons. The number of nitrogens with one attached hydrogen (secondary N) is 1. The van der Waals surface area contributed by atoms with E-state index >= 15 is 0 Å². The van der Waals surface area contributed by atoms with Crippen LogP contribution in [0.1, 0.15) is 37.0 Å². The summed E-state index contributed by atoms with van der Waals surface area (Å²) in [6, 6.07) is 5.11. The third kappa shape index (κ3) is 3.80. The number of hydrogen-bond acceptors (Lipinski definition) is 4. The highest BCUT2D eigenvalue weighted by Gasteiger charge is 2.25. The number of benzene rings is 1. The first-order valence-corrected chi connectivity index (χ1v) is 7.69. The molecule has 0 aliphatic carbocycles. The van der Waals surface area contributed by atoms with Crippen molar-refractivity contribution in [2.24, 2.45) is 5.73 Å². The highest BCUT2D eigenvalue weighted by Crippen LogP contribution is 2.31. The van der Waals surface area contributed by atoms with E-state index in [4.69, 9.17) is 11.5 Å². The van der Waals surface area contributed by atoms with E-state index in [1.165, 1.54) is 0 Å². The molecule has 0 aliphatic rings. The molecule has 1 rings (SSSR count). The maximum Gasteiger partial charge on any atom is 0.250 e. The molecular weight excluding hydrogens is 258 g/mol. The molecule has 0 aromatic heterocycles.